The van der Waals surface area contributed by atoms with E-state index in [-0.39, 0.29) is 11.9 Å². The highest BCUT2D eigenvalue weighted by Crippen LogP contribution is 2.30. The minimum absolute atomic E-state index is 0.174. The molecule has 0 radical (unpaired) electrons. The second-order valence-electron chi connectivity index (χ2n) is 5.98. The fraction of sp³-hybridized carbons (Fsp3) is 0.167. The third-order valence-electron chi connectivity index (χ3n) is 3.61. The normalized spacial score (nSPS) is 11.2. The highest BCUT2D eigenvalue weighted by Gasteiger charge is 2.29. The van der Waals surface area contributed by atoms with Crippen molar-refractivity contribution in [1.29, 1.82) is 0 Å². The Kier molecular flexibility index (Phi) is 5.55. The molecule has 2 aromatic carbocycles. The molecular weight excluding hydrogens is 393 g/mol. The lowest BCUT2D eigenvalue weighted by molar-refractivity contribution is -0.137. The molecule has 0 amide bonds. The van der Waals surface area contributed by atoms with Crippen LogP contribution in [0.15, 0.2) is 48.5 Å². The van der Waals surface area contributed by atoms with E-state index in [1.165, 1.54) is 12.1 Å². The topological polar surface area (TPSA) is 66.0 Å². The van der Waals surface area contributed by atoms with E-state index in [2.05, 4.69) is 25.6 Å². The monoisotopic (exact) mass is 408 g/mol. The Bertz CT molecular complexity index is 960. The number of anilines is 5. The van der Waals surface area contributed by atoms with Crippen molar-refractivity contribution in [2.75, 3.05) is 29.6 Å². The smallest absolute Gasteiger partial charge is 0.347 e. The minimum atomic E-state index is -4.39. The molecule has 0 bridgehead atoms. The molecular formula is C18H16ClF3N6. The van der Waals surface area contributed by atoms with E-state index in [0.717, 1.165) is 12.1 Å². The summed E-state index contributed by atoms with van der Waals surface area (Å²) in [6.45, 7) is 0. The Morgan fingerprint density at radius 1 is 0.857 bits per heavy atom. The van der Waals surface area contributed by atoms with Gasteiger partial charge in [-0.05, 0) is 36.4 Å². The van der Waals surface area contributed by atoms with E-state index < -0.39 is 11.7 Å². The largest absolute Gasteiger partial charge is 0.416 e. The van der Waals surface area contributed by atoms with Gasteiger partial charge in [-0.15, -0.1) is 0 Å². The summed E-state index contributed by atoms with van der Waals surface area (Å²) in [5.74, 6) is 0.771. The number of rotatable bonds is 5. The molecule has 2 N–H and O–H groups in total. The summed E-state index contributed by atoms with van der Waals surface area (Å²) in [6, 6.07) is 11.7. The van der Waals surface area contributed by atoms with Gasteiger partial charge >= 0.3 is 6.18 Å². The van der Waals surface area contributed by atoms with Crippen LogP contribution in [0.5, 0.6) is 0 Å². The van der Waals surface area contributed by atoms with E-state index in [1.807, 2.05) is 6.07 Å². The average Bonchev–Trinajstić information content (AvgIpc) is 2.63. The van der Waals surface area contributed by atoms with E-state index >= 15 is 0 Å². The second-order valence-corrected chi connectivity index (χ2v) is 6.39. The van der Waals surface area contributed by atoms with Gasteiger partial charge < -0.3 is 15.5 Å². The van der Waals surface area contributed by atoms with Gasteiger partial charge in [0, 0.05) is 19.8 Å². The molecule has 0 atom stereocenters. The van der Waals surface area contributed by atoms with Crippen LogP contribution in [-0.4, -0.2) is 29.0 Å². The predicted octanol–water partition coefficient (Wildman–Crippen LogP) is 5.10. The Morgan fingerprint density at radius 2 is 1.46 bits per heavy atom. The van der Waals surface area contributed by atoms with Crippen LogP contribution in [0.25, 0.3) is 0 Å². The molecule has 0 saturated heterocycles. The predicted molar refractivity (Wildman–Crippen MR) is 104 cm³/mol. The molecule has 0 saturated carbocycles. The van der Waals surface area contributed by atoms with Gasteiger partial charge in [0.25, 0.3) is 0 Å². The SMILES string of the molecule is CN(C)c1nc(Nc2ccc(C(F)(F)F)cc2)nc(Nc2ccccc2Cl)n1. The third-order valence-corrected chi connectivity index (χ3v) is 3.94. The number of halogens is 4. The average molecular weight is 409 g/mol. The molecule has 0 fully saturated rings. The van der Waals surface area contributed by atoms with Crippen LogP contribution >= 0.6 is 11.6 Å². The number of aromatic nitrogens is 3. The first-order valence-corrected chi connectivity index (χ1v) is 8.49. The van der Waals surface area contributed by atoms with Gasteiger partial charge in [-0.3, -0.25) is 0 Å². The summed E-state index contributed by atoms with van der Waals surface area (Å²) in [6.07, 6.45) is -4.39. The molecule has 0 unspecified atom stereocenters. The molecule has 146 valence electrons. The van der Waals surface area contributed by atoms with Gasteiger partial charge in [0.1, 0.15) is 0 Å². The maximum atomic E-state index is 12.7. The Balaban J connectivity index is 1.88. The number of nitrogens with one attached hydrogen (secondary N) is 2. The van der Waals surface area contributed by atoms with E-state index in [1.54, 1.807) is 37.2 Å². The van der Waals surface area contributed by atoms with Gasteiger partial charge in [0.05, 0.1) is 16.3 Å². The van der Waals surface area contributed by atoms with Crippen molar-refractivity contribution in [3.05, 3.63) is 59.1 Å². The van der Waals surface area contributed by atoms with Crippen molar-refractivity contribution in [2.24, 2.45) is 0 Å². The molecule has 1 heterocycles. The minimum Gasteiger partial charge on any atom is -0.347 e. The fourth-order valence-electron chi connectivity index (χ4n) is 2.23. The summed E-state index contributed by atoms with van der Waals surface area (Å²) in [4.78, 5) is 14.5. The molecule has 3 rings (SSSR count). The molecule has 0 aliphatic carbocycles. The van der Waals surface area contributed by atoms with Crippen LogP contribution in [0.2, 0.25) is 5.02 Å². The Labute approximate surface area is 164 Å². The van der Waals surface area contributed by atoms with Crippen molar-refractivity contribution in [3.63, 3.8) is 0 Å². The molecule has 10 heteroatoms. The van der Waals surface area contributed by atoms with Crippen LogP contribution in [0.3, 0.4) is 0 Å². The molecule has 1 aromatic heterocycles. The lowest BCUT2D eigenvalue weighted by Gasteiger charge is -2.15. The Morgan fingerprint density at radius 3 is 2.04 bits per heavy atom. The highest BCUT2D eigenvalue weighted by molar-refractivity contribution is 6.33. The zero-order valence-electron chi connectivity index (χ0n) is 14.9. The van der Waals surface area contributed by atoms with Crippen LogP contribution < -0.4 is 15.5 Å². The molecule has 28 heavy (non-hydrogen) atoms. The molecule has 3 aromatic rings. The number of hydrogen-bond acceptors (Lipinski definition) is 6. The number of nitrogens with zero attached hydrogens (tertiary/aromatic N) is 4. The Hall–Kier alpha value is -3.07. The first-order chi connectivity index (χ1) is 13.2. The van der Waals surface area contributed by atoms with Gasteiger partial charge in [-0.1, -0.05) is 23.7 Å². The number of alkyl halides is 3. The molecule has 0 spiro atoms. The summed E-state index contributed by atoms with van der Waals surface area (Å²) in [5, 5.41) is 6.39. The number of para-hydroxylation sites is 1. The van der Waals surface area contributed by atoms with E-state index in [4.69, 9.17) is 11.6 Å². The third kappa shape index (κ3) is 4.80. The van der Waals surface area contributed by atoms with Crippen LogP contribution in [0.4, 0.5) is 42.4 Å². The van der Waals surface area contributed by atoms with Crippen LogP contribution in [0.1, 0.15) is 5.56 Å². The van der Waals surface area contributed by atoms with E-state index in [0.29, 0.717) is 22.3 Å². The van der Waals surface area contributed by atoms with Crippen molar-refractivity contribution < 1.29 is 13.2 Å². The summed E-state index contributed by atoms with van der Waals surface area (Å²) in [5.41, 5.74) is 0.289. The first kappa shape index (κ1) is 19.7. The quantitative estimate of drug-likeness (QED) is 0.612. The molecule has 0 aliphatic rings. The number of hydrogen-bond donors (Lipinski definition) is 2. The lowest BCUT2D eigenvalue weighted by atomic mass is 10.2. The molecule has 0 aliphatic heterocycles. The number of benzene rings is 2. The summed E-state index contributed by atoms with van der Waals surface area (Å²) < 4.78 is 38.1. The van der Waals surface area contributed by atoms with Crippen molar-refractivity contribution in [2.45, 2.75) is 6.18 Å². The van der Waals surface area contributed by atoms with Crippen LogP contribution in [-0.2, 0) is 6.18 Å². The lowest BCUT2D eigenvalue weighted by Crippen LogP contribution is -2.15. The van der Waals surface area contributed by atoms with Crippen LogP contribution in [0, 0.1) is 0 Å². The second kappa shape index (κ2) is 7.89. The standard InChI is InChI=1S/C18H16ClF3N6/c1-28(2)17-26-15(23-12-9-7-11(8-10-12)18(20,21)22)25-16(27-17)24-14-6-4-3-5-13(14)19/h3-10H,1-2H3,(H2,23,24,25,26,27). The van der Waals surface area contributed by atoms with Gasteiger partial charge in [-0.25, -0.2) is 0 Å². The zero-order valence-corrected chi connectivity index (χ0v) is 15.7. The van der Waals surface area contributed by atoms with Gasteiger partial charge in [-0.2, -0.15) is 28.1 Å². The van der Waals surface area contributed by atoms with Gasteiger partial charge in [0.2, 0.25) is 17.8 Å². The first-order valence-electron chi connectivity index (χ1n) is 8.11. The van der Waals surface area contributed by atoms with Crippen molar-refractivity contribution in [3.8, 4) is 0 Å². The van der Waals surface area contributed by atoms with Crippen molar-refractivity contribution >= 4 is 40.8 Å². The maximum Gasteiger partial charge on any atom is 0.416 e. The summed E-state index contributed by atoms with van der Waals surface area (Å²) in [7, 11) is 3.52. The van der Waals surface area contributed by atoms with E-state index in [9.17, 15) is 13.2 Å². The zero-order chi connectivity index (χ0) is 20.3. The highest BCUT2D eigenvalue weighted by atomic mass is 35.5. The van der Waals surface area contributed by atoms with Crippen molar-refractivity contribution in [1.82, 2.24) is 15.0 Å². The summed E-state index contributed by atoms with van der Waals surface area (Å²) >= 11 is 6.15. The maximum absolute atomic E-state index is 12.7. The fourth-order valence-corrected chi connectivity index (χ4v) is 2.41. The van der Waals surface area contributed by atoms with Gasteiger partial charge in [0.15, 0.2) is 0 Å². The molecule has 6 nitrogen and oxygen atoms in total.